The van der Waals surface area contributed by atoms with E-state index in [4.69, 9.17) is 4.74 Å². The fraction of sp³-hybridized carbons (Fsp3) is 0.200. The second-order valence-corrected chi connectivity index (χ2v) is 4.61. The van der Waals surface area contributed by atoms with Gasteiger partial charge in [-0.2, -0.15) is 0 Å². The van der Waals surface area contributed by atoms with Crippen LogP contribution in [0.15, 0.2) is 30.5 Å². The van der Waals surface area contributed by atoms with Gasteiger partial charge in [0.05, 0.1) is 12.1 Å². The number of aromatic amines is 1. The molecule has 0 amide bonds. The number of hydrogen-bond donors (Lipinski definition) is 1. The van der Waals surface area contributed by atoms with Crippen molar-refractivity contribution in [3.63, 3.8) is 0 Å². The van der Waals surface area contributed by atoms with E-state index in [1.54, 1.807) is 23.8 Å². The summed E-state index contributed by atoms with van der Waals surface area (Å²) in [6.45, 7) is 3.62. The molecule has 0 aliphatic carbocycles. The van der Waals surface area contributed by atoms with Crippen LogP contribution in [0.5, 0.6) is 0 Å². The van der Waals surface area contributed by atoms with Crippen molar-refractivity contribution < 1.29 is 14.3 Å². The summed E-state index contributed by atoms with van der Waals surface area (Å²) in [5.41, 5.74) is 2.05. The molecule has 0 bridgehead atoms. The Balaban J connectivity index is 2.17. The van der Waals surface area contributed by atoms with Gasteiger partial charge in [0.1, 0.15) is 5.69 Å². The molecule has 1 N–H and O–H groups in total. The van der Waals surface area contributed by atoms with E-state index >= 15 is 0 Å². The van der Waals surface area contributed by atoms with Crippen LogP contribution in [0.4, 0.5) is 0 Å². The first kappa shape index (κ1) is 12.5. The van der Waals surface area contributed by atoms with Crippen molar-refractivity contribution in [2.45, 2.75) is 13.8 Å². The molecule has 1 aromatic carbocycles. The van der Waals surface area contributed by atoms with Crippen LogP contribution in [0.1, 0.15) is 29.1 Å². The minimum absolute atomic E-state index is 0.0449. The molecule has 0 radical (unpaired) electrons. The lowest BCUT2D eigenvalue weighted by molar-refractivity contribution is 0.0520. The number of benzene rings is 1. The van der Waals surface area contributed by atoms with Crippen molar-refractivity contribution in [1.82, 2.24) is 9.55 Å². The first-order valence-electron chi connectivity index (χ1n) is 6.42. The second kappa shape index (κ2) is 4.52. The van der Waals surface area contributed by atoms with Crippen molar-refractivity contribution >= 4 is 33.7 Å². The Kier molecular flexibility index (Phi) is 2.82. The highest BCUT2D eigenvalue weighted by atomic mass is 16.5. The smallest absolute Gasteiger partial charge is 0.354 e. The molecule has 0 aliphatic rings. The molecule has 0 fully saturated rings. The van der Waals surface area contributed by atoms with Crippen LogP contribution in [0.25, 0.3) is 21.8 Å². The number of nitrogens with zero attached hydrogens (tertiary/aromatic N) is 1. The Bertz CT molecular complexity index is 826. The fourth-order valence-corrected chi connectivity index (χ4v) is 2.36. The topological polar surface area (TPSA) is 64.1 Å². The summed E-state index contributed by atoms with van der Waals surface area (Å²) in [4.78, 5) is 26.3. The predicted molar refractivity (Wildman–Crippen MR) is 76.1 cm³/mol. The zero-order valence-electron chi connectivity index (χ0n) is 11.3. The van der Waals surface area contributed by atoms with Crippen LogP contribution in [-0.2, 0) is 4.74 Å². The SMILES string of the molecule is CCOC(=O)c1cc2cc3ccn(C(C)=O)c3cc2[nH]1. The molecule has 0 saturated heterocycles. The molecule has 5 heteroatoms. The van der Waals surface area contributed by atoms with Crippen LogP contribution in [0, 0.1) is 0 Å². The molecule has 0 atom stereocenters. The summed E-state index contributed by atoms with van der Waals surface area (Å²) < 4.78 is 6.55. The normalized spacial score (nSPS) is 11.1. The Morgan fingerprint density at radius 2 is 2.05 bits per heavy atom. The standard InChI is InChI=1S/C15H14N2O3/c1-3-20-15(19)13-7-11-6-10-4-5-17(9(2)18)14(10)8-12(11)16-13/h4-8,16H,3H2,1-2H3. The minimum atomic E-state index is -0.372. The number of rotatable bonds is 2. The molecular weight excluding hydrogens is 256 g/mol. The van der Waals surface area contributed by atoms with Crippen molar-refractivity contribution in [3.8, 4) is 0 Å². The number of hydrogen-bond acceptors (Lipinski definition) is 3. The molecular formula is C15H14N2O3. The fourth-order valence-electron chi connectivity index (χ4n) is 2.36. The van der Waals surface area contributed by atoms with Gasteiger partial charge in [-0.3, -0.25) is 9.36 Å². The summed E-state index contributed by atoms with van der Waals surface area (Å²) >= 11 is 0. The Morgan fingerprint density at radius 3 is 2.75 bits per heavy atom. The third kappa shape index (κ3) is 1.87. The third-order valence-corrected chi connectivity index (χ3v) is 3.27. The number of carbonyl (C=O) groups excluding carboxylic acids is 2. The van der Waals surface area contributed by atoms with Crippen LogP contribution in [-0.4, -0.2) is 28.0 Å². The van der Waals surface area contributed by atoms with Crippen LogP contribution < -0.4 is 0 Å². The molecule has 0 saturated carbocycles. The Morgan fingerprint density at radius 1 is 1.25 bits per heavy atom. The summed E-state index contributed by atoms with van der Waals surface area (Å²) in [6.07, 6.45) is 1.75. The maximum absolute atomic E-state index is 11.7. The first-order chi connectivity index (χ1) is 9.60. The van der Waals surface area contributed by atoms with Gasteiger partial charge in [-0.15, -0.1) is 0 Å². The lowest BCUT2D eigenvalue weighted by Crippen LogP contribution is -2.04. The molecule has 0 spiro atoms. The van der Waals surface area contributed by atoms with Crippen LogP contribution in [0.2, 0.25) is 0 Å². The van der Waals surface area contributed by atoms with E-state index in [0.717, 1.165) is 21.8 Å². The van der Waals surface area contributed by atoms with E-state index in [1.807, 2.05) is 18.2 Å². The van der Waals surface area contributed by atoms with E-state index in [2.05, 4.69) is 4.98 Å². The zero-order valence-corrected chi connectivity index (χ0v) is 11.3. The molecule has 0 aliphatic heterocycles. The number of fused-ring (bicyclic) bond motifs is 2. The summed E-state index contributed by atoms with van der Waals surface area (Å²) in [6, 6.07) is 7.46. The number of ether oxygens (including phenoxy) is 1. The summed E-state index contributed by atoms with van der Waals surface area (Å²) in [7, 11) is 0. The molecule has 3 aromatic rings. The lowest BCUT2D eigenvalue weighted by atomic mass is 10.2. The van der Waals surface area contributed by atoms with Crippen molar-refractivity contribution in [2.75, 3.05) is 6.61 Å². The van der Waals surface area contributed by atoms with Gasteiger partial charge in [-0.05, 0) is 31.2 Å². The molecule has 2 heterocycles. The number of esters is 1. The highest BCUT2D eigenvalue weighted by Crippen LogP contribution is 2.24. The molecule has 3 rings (SSSR count). The molecule has 5 nitrogen and oxygen atoms in total. The van der Waals surface area contributed by atoms with Gasteiger partial charge in [-0.25, -0.2) is 4.79 Å². The van der Waals surface area contributed by atoms with E-state index < -0.39 is 0 Å². The summed E-state index contributed by atoms with van der Waals surface area (Å²) in [5.74, 6) is -0.417. The van der Waals surface area contributed by atoms with Crippen molar-refractivity contribution in [3.05, 3.63) is 36.2 Å². The Hall–Kier alpha value is -2.56. The van der Waals surface area contributed by atoms with Gasteiger partial charge in [0.2, 0.25) is 5.91 Å². The van der Waals surface area contributed by atoms with Gasteiger partial charge >= 0.3 is 5.97 Å². The van der Waals surface area contributed by atoms with E-state index in [-0.39, 0.29) is 11.9 Å². The molecule has 2 aromatic heterocycles. The largest absolute Gasteiger partial charge is 0.461 e. The predicted octanol–water partition coefficient (Wildman–Crippen LogP) is 2.96. The molecule has 0 unspecified atom stereocenters. The van der Waals surface area contributed by atoms with Gasteiger partial charge < -0.3 is 9.72 Å². The Labute approximate surface area is 115 Å². The average molecular weight is 270 g/mol. The quantitative estimate of drug-likeness (QED) is 0.728. The van der Waals surface area contributed by atoms with Crippen molar-refractivity contribution in [2.24, 2.45) is 0 Å². The monoisotopic (exact) mass is 270 g/mol. The van der Waals surface area contributed by atoms with Gasteiger partial charge in [-0.1, -0.05) is 0 Å². The maximum Gasteiger partial charge on any atom is 0.354 e. The zero-order chi connectivity index (χ0) is 14.3. The number of nitrogens with one attached hydrogen (secondary N) is 1. The highest BCUT2D eigenvalue weighted by molar-refractivity contribution is 6.02. The molecule has 102 valence electrons. The number of carbonyl (C=O) groups is 2. The van der Waals surface area contributed by atoms with Gasteiger partial charge in [0.15, 0.2) is 0 Å². The van der Waals surface area contributed by atoms with Gasteiger partial charge in [0, 0.05) is 29.4 Å². The average Bonchev–Trinajstić information content (AvgIpc) is 2.98. The second-order valence-electron chi connectivity index (χ2n) is 4.61. The van der Waals surface area contributed by atoms with Crippen molar-refractivity contribution in [1.29, 1.82) is 0 Å². The number of aromatic nitrogens is 2. The van der Waals surface area contributed by atoms with E-state index in [0.29, 0.717) is 12.3 Å². The minimum Gasteiger partial charge on any atom is -0.461 e. The molecule has 20 heavy (non-hydrogen) atoms. The van der Waals surface area contributed by atoms with E-state index in [1.165, 1.54) is 6.92 Å². The van der Waals surface area contributed by atoms with Crippen LogP contribution in [0.3, 0.4) is 0 Å². The number of H-pyrrole nitrogens is 1. The van der Waals surface area contributed by atoms with E-state index in [9.17, 15) is 9.59 Å². The van der Waals surface area contributed by atoms with Crippen LogP contribution >= 0.6 is 0 Å². The maximum atomic E-state index is 11.7. The lowest BCUT2D eigenvalue weighted by Gasteiger charge is -1.99. The first-order valence-corrected chi connectivity index (χ1v) is 6.42. The van der Waals surface area contributed by atoms with Gasteiger partial charge in [0.25, 0.3) is 0 Å². The third-order valence-electron chi connectivity index (χ3n) is 3.27. The highest BCUT2D eigenvalue weighted by Gasteiger charge is 2.12. The summed E-state index contributed by atoms with van der Waals surface area (Å²) in [5, 5.41) is 1.88.